The van der Waals surface area contributed by atoms with Crippen molar-refractivity contribution in [1.82, 2.24) is 10.2 Å². The van der Waals surface area contributed by atoms with Crippen LogP contribution in [0.3, 0.4) is 0 Å². The van der Waals surface area contributed by atoms with E-state index in [0.29, 0.717) is 17.7 Å². The summed E-state index contributed by atoms with van der Waals surface area (Å²) in [6.07, 6.45) is 2.27. The first-order valence-electron chi connectivity index (χ1n) is 9.65. The van der Waals surface area contributed by atoms with Gasteiger partial charge in [0, 0.05) is 11.9 Å². The van der Waals surface area contributed by atoms with Crippen molar-refractivity contribution in [3.05, 3.63) is 69.5 Å². The summed E-state index contributed by atoms with van der Waals surface area (Å²) in [4.78, 5) is 27.6. The first kappa shape index (κ1) is 18.5. The molecule has 3 heterocycles. The molecule has 1 atom stereocenters. The largest absolute Gasteiger partial charge is 0.465 e. The molecule has 0 saturated carbocycles. The summed E-state index contributed by atoms with van der Waals surface area (Å²) in [5, 5.41) is 3.70. The lowest BCUT2D eigenvalue weighted by Gasteiger charge is -2.26. The number of fused-ring (bicyclic) bond motifs is 1. The first-order valence-corrected chi connectivity index (χ1v) is 9.65. The predicted octanol–water partition coefficient (Wildman–Crippen LogP) is 3.57. The molecule has 1 N–H and O–H groups in total. The molecule has 1 fully saturated rings. The maximum atomic E-state index is 12.9. The van der Waals surface area contributed by atoms with Crippen LogP contribution in [0, 0.1) is 13.8 Å². The fourth-order valence-corrected chi connectivity index (χ4v) is 3.94. The number of hydrogen-bond donors (Lipinski definition) is 1. The molecule has 0 aliphatic carbocycles. The van der Waals surface area contributed by atoms with Crippen molar-refractivity contribution in [2.45, 2.75) is 32.7 Å². The number of carbonyl (C=O) groups excluding carboxylic acids is 1. The topological polar surface area (TPSA) is 75.7 Å². The lowest BCUT2D eigenvalue weighted by Crippen LogP contribution is -2.38. The molecule has 0 spiro atoms. The number of carbonyl (C=O) groups is 1. The molecular weight excluding hydrogens is 356 g/mol. The van der Waals surface area contributed by atoms with Crippen LogP contribution in [0.4, 0.5) is 0 Å². The number of para-hydroxylation sites is 1. The second kappa shape index (κ2) is 7.64. The molecule has 6 nitrogen and oxygen atoms in total. The average Bonchev–Trinajstić information content (AvgIpc) is 3.34. The second-order valence-corrected chi connectivity index (χ2v) is 7.30. The van der Waals surface area contributed by atoms with Crippen LogP contribution >= 0.6 is 0 Å². The Morgan fingerprint density at radius 3 is 2.57 bits per heavy atom. The van der Waals surface area contributed by atoms with Gasteiger partial charge >= 0.3 is 5.63 Å². The van der Waals surface area contributed by atoms with Gasteiger partial charge in [0.05, 0.1) is 6.04 Å². The van der Waals surface area contributed by atoms with E-state index in [4.69, 9.17) is 8.83 Å². The van der Waals surface area contributed by atoms with Crippen LogP contribution < -0.4 is 10.9 Å². The number of likely N-dealkylation sites (tertiary alicyclic amines) is 1. The number of benzene rings is 1. The van der Waals surface area contributed by atoms with Crippen molar-refractivity contribution < 1.29 is 13.6 Å². The van der Waals surface area contributed by atoms with E-state index in [0.717, 1.165) is 42.8 Å². The molecule has 28 heavy (non-hydrogen) atoms. The minimum Gasteiger partial charge on any atom is -0.465 e. The summed E-state index contributed by atoms with van der Waals surface area (Å²) in [5.41, 5.74) is 0.577. The van der Waals surface area contributed by atoms with Crippen molar-refractivity contribution in [3.8, 4) is 0 Å². The van der Waals surface area contributed by atoms with Gasteiger partial charge in [0.2, 0.25) is 0 Å². The zero-order chi connectivity index (χ0) is 19.7. The monoisotopic (exact) mass is 380 g/mol. The average molecular weight is 380 g/mol. The lowest BCUT2D eigenvalue weighted by molar-refractivity contribution is 0.0929. The molecule has 1 saturated heterocycles. The fraction of sp³-hybridized carbons (Fsp3) is 0.364. The summed E-state index contributed by atoms with van der Waals surface area (Å²) in [6, 6.07) is 11.1. The standard InChI is InChI=1S/C22H24N2O4/c1-14-9-10-19(27-14)17(24-11-5-6-12-24)13-23-21(25)20-15(2)16-7-3-4-8-18(16)28-22(20)26/h3-4,7-10,17H,5-6,11-13H2,1-2H3,(H,23,25)/t17-/m1/s1. The summed E-state index contributed by atoms with van der Waals surface area (Å²) in [6.45, 7) is 6.00. The molecule has 1 amide bonds. The Kier molecular flexibility index (Phi) is 5.05. The third-order valence-corrected chi connectivity index (χ3v) is 5.43. The number of hydrogen-bond acceptors (Lipinski definition) is 5. The highest BCUT2D eigenvalue weighted by Crippen LogP contribution is 2.26. The summed E-state index contributed by atoms with van der Waals surface area (Å²) < 4.78 is 11.2. The summed E-state index contributed by atoms with van der Waals surface area (Å²) in [7, 11) is 0. The molecule has 3 aromatic rings. The number of rotatable bonds is 5. The van der Waals surface area contributed by atoms with Gasteiger partial charge in [0.1, 0.15) is 22.7 Å². The fourth-order valence-electron chi connectivity index (χ4n) is 3.94. The lowest BCUT2D eigenvalue weighted by atomic mass is 10.1. The van der Waals surface area contributed by atoms with Crippen LogP contribution in [0.2, 0.25) is 0 Å². The molecule has 1 aliphatic heterocycles. The van der Waals surface area contributed by atoms with E-state index in [1.165, 1.54) is 0 Å². The quantitative estimate of drug-likeness (QED) is 0.685. The van der Waals surface area contributed by atoms with Gasteiger partial charge in [-0.15, -0.1) is 0 Å². The highest BCUT2D eigenvalue weighted by molar-refractivity contribution is 5.99. The molecule has 1 aliphatic rings. The first-order chi connectivity index (χ1) is 13.5. The van der Waals surface area contributed by atoms with E-state index in [9.17, 15) is 9.59 Å². The van der Waals surface area contributed by atoms with Gasteiger partial charge in [-0.1, -0.05) is 18.2 Å². The Morgan fingerprint density at radius 2 is 1.86 bits per heavy atom. The summed E-state index contributed by atoms with van der Waals surface area (Å²) in [5.74, 6) is 1.27. The molecule has 1 aromatic carbocycles. The van der Waals surface area contributed by atoms with E-state index in [2.05, 4.69) is 10.2 Å². The number of nitrogens with zero attached hydrogens (tertiary/aromatic N) is 1. The van der Waals surface area contributed by atoms with Crippen molar-refractivity contribution in [3.63, 3.8) is 0 Å². The molecular formula is C22H24N2O4. The Labute approximate surface area is 163 Å². The Bertz CT molecular complexity index is 1060. The van der Waals surface area contributed by atoms with Crippen LogP contribution in [0.5, 0.6) is 0 Å². The van der Waals surface area contributed by atoms with Gasteiger partial charge in [0.25, 0.3) is 5.91 Å². The molecule has 4 rings (SSSR count). The van der Waals surface area contributed by atoms with Gasteiger partial charge in [-0.05, 0) is 63.5 Å². The number of nitrogens with one attached hydrogen (secondary N) is 1. The molecule has 0 unspecified atom stereocenters. The molecule has 6 heteroatoms. The maximum Gasteiger partial charge on any atom is 0.349 e. The molecule has 0 bridgehead atoms. The highest BCUT2D eigenvalue weighted by atomic mass is 16.4. The van der Waals surface area contributed by atoms with Crippen molar-refractivity contribution in [2.24, 2.45) is 0 Å². The number of furan rings is 1. The van der Waals surface area contributed by atoms with Crippen molar-refractivity contribution in [2.75, 3.05) is 19.6 Å². The van der Waals surface area contributed by atoms with Gasteiger partial charge in [-0.25, -0.2) is 4.79 Å². The van der Waals surface area contributed by atoms with Crippen LogP contribution in [0.25, 0.3) is 11.0 Å². The minimum absolute atomic E-state index is 0.0482. The molecule has 146 valence electrons. The Hall–Kier alpha value is -2.86. The summed E-state index contributed by atoms with van der Waals surface area (Å²) >= 11 is 0. The van der Waals surface area contributed by atoms with E-state index in [-0.39, 0.29) is 11.6 Å². The van der Waals surface area contributed by atoms with Crippen LogP contribution in [-0.4, -0.2) is 30.4 Å². The zero-order valence-electron chi connectivity index (χ0n) is 16.2. The zero-order valence-corrected chi connectivity index (χ0v) is 16.2. The van der Waals surface area contributed by atoms with E-state index < -0.39 is 11.5 Å². The Balaban J connectivity index is 1.59. The third-order valence-electron chi connectivity index (χ3n) is 5.43. The molecule has 0 radical (unpaired) electrons. The number of amides is 1. The smallest absolute Gasteiger partial charge is 0.349 e. The molecule has 2 aromatic heterocycles. The third kappa shape index (κ3) is 3.47. The van der Waals surface area contributed by atoms with Gasteiger partial charge in [0.15, 0.2) is 0 Å². The van der Waals surface area contributed by atoms with E-state index >= 15 is 0 Å². The normalized spacial score (nSPS) is 15.8. The van der Waals surface area contributed by atoms with Crippen LogP contribution in [-0.2, 0) is 0 Å². The van der Waals surface area contributed by atoms with Crippen LogP contribution in [0.15, 0.2) is 50.0 Å². The van der Waals surface area contributed by atoms with E-state index in [1.54, 1.807) is 19.1 Å². The number of aryl methyl sites for hydroxylation is 2. The highest BCUT2D eigenvalue weighted by Gasteiger charge is 2.27. The van der Waals surface area contributed by atoms with Gasteiger partial charge in [-0.2, -0.15) is 0 Å². The van der Waals surface area contributed by atoms with Gasteiger partial charge < -0.3 is 14.2 Å². The van der Waals surface area contributed by atoms with E-state index in [1.807, 2.05) is 31.2 Å². The van der Waals surface area contributed by atoms with Crippen molar-refractivity contribution >= 4 is 16.9 Å². The van der Waals surface area contributed by atoms with Gasteiger partial charge in [-0.3, -0.25) is 9.69 Å². The predicted molar refractivity (Wildman–Crippen MR) is 107 cm³/mol. The van der Waals surface area contributed by atoms with Crippen LogP contribution in [0.1, 0.15) is 46.3 Å². The van der Waals surface area contributed by atoms with Crippen molar-refractivity contribution in [1.29, 1.82) is 0 Å². The second-order valence-electron chi connectivity index (χ2n) is 7.30. The maximum absolute atomic E-state index is 12.9. The SMILES string of the molecule is Cc1ccc([C@@H](CNC(=O)c2c(C)c3ccccc3oc2=O)N2CCCC2)o1. The minimum atomic E-state index is -0.611. The Morgan fingerprint density at radius 1 is 1.11 bits per heavy atom.